The van der Waals surface area contributed by atoms with E-state index in [0.717, 1.165) is 12.2 Å². The van der Waals surface area contributed by atoms with Gasteiger partial charge < -0.3 is 19.9 Å². The van der Waals surface area contributed by atoms with Crippen molar-refractivity contribution < 1.29 is 14.3 Å². The predicted molar refractivity (Wildman–Crippen MR) is 113 cm³/mol. The van der Waals surface area contributed by atoms with Crippen LogP contribution < -0.4 is 10.6 Å². The molecule has 0 saturated heterocycles. The Balaban J connectivity index is 1.66. The zero-order valence-electron chi connectivity index (χ0n) is 16.2. The van der Waals surface area contributed by atoms with E-state index in [4.69, 9.17) is 16.3 Å². The Kier molecular flexibility index (Phi) is 6.57. The average Bonchev–Trinajstić information content (AvgIpc) is 3.15. The van der Waals surface area contributed by atoms with Crippen LogP contribution in [0.4, 0.5) is 10.5 Å². The van der Waals surface area contributed by atoms with Crippen LogP contribution in [0, 0.1) is 6.92 Å². The number of halogens is 1. The van der Waals surface area contributed by atoms with Gasteiger partial charge in [0, 0.05) is 23.5 Å². The first-order chi connectivity index (χ1) is 14.0. The van der Waals surface area contributed by atoms with Crippen molar-refractivity contribution in [3.05, 3.63) is 88.2 Å². The summed E-state index contributed by atoms with van der Waals surface area (Å²) >= 11 is 5.99. The third-order valence-corrected chi connectivity index (χ3v) is 4.83. The van der Waals surface area contributed by atoms with Gasteiger partial charge >= 0.3 is 12.0 Å². The van der Waals surface area contributed by atoms with E-state index in [1.807, 2.05) is 30.5 Å². The highest BCUT2D eigenvalue weighted by molar-refractivity contribution is 6.31. The van der Waals surface area contributed by atoms with Crippen molar-refractivity contribution in [1.29, 1.82) is 0 Å². The summed E-state index contributed by atoms with van der Waals surface area (Å²) < 4.78 is 6.83. The second-order valence-electron chi connectivity index (χ2n) is 6.54. The second-order valence-corrected chi connectivity index (χ2v) is 6.98. The van der Waals surface area contributed by atoms with Gasteiger partial charge in [0.2, 0.25) is 0 Å². The fourth-order valence-corrected chi connectivity index (χ4v) is 3.15. The summed E-state index contributed by atoms with van der Waals surface area (Å²) in [5.74, 6) is -0.552. The fraction of sp³-hybridized carbons (Fsp3) is 0.182. The Bertz CT molecular complexity index is 1030. The Morgan fingerprint density at radius 2 is 1.90 bits per heavy atom. The number of hydrogen-bond donors (Lipinski definition) is 2. The standard InChI is InChI=1S/C22H22ClN3O3/c1-15-6-3-4-7-16(15)14-26-11-5-8-18(26)13-24-22(28)25-20-12-17(23)9-10-19(20)21(27)29-2/h3-12H,13-14H2,1-2H3,(H2,24,25,28). The van der Waals surface area contributed by atoms with Gasteiger partial charge in [0.15, 0.2) is 0 Å². The van der Waals surface area contributed by atoms with Crippen LogP contribution in [0.3, 0.4) is 0 Å². The average molecular weight is 412 g/mol. The number of aryl methyl sites for hydroxylation is 1. The van der Waals surface area contributed by atoms with Crippen LogP contribution in [0.25, 0.3) is 0 Å². The Morgan fingerprint density at radius 1 is 1.10 bits per heavy atom. The maximum atomic E-state index is 12.4. The van der Waals surface area contributed by atoms with Crippen molar-refractivity contribution in [3.8, 4) is 0 Å². The van der Waals surface area contributed by atoms with Crippen LogP contribution in [-0.4, -0.2) is 23.7 Å². The molecule has 0 aliphatic rings. The number of nitrogens with zero attached hydrogens (tertiary/aromatic N) is 1. The van der Waals surface area contributed by atoms with Gasteiger partial charge in [-0.05, 0) is 48.4 Å². The summed E-state index contributed by atoms with van der Waals surface area (Å²) in [6.07, 6.45) is 1.98. The lowest BCUT2D eigenvalue weighted by molar-refractivity contribution is 0.0602. The Morgan fingerprint density at radius 3 is 2.66 bits per heavy atom. The number of amides is 2. The number of carbonyl (C=O) groups is 2. The number of nitrogens with one attached hydrogen (secondary N) is 2. The van der Waals surface area contributed by atoms with Gasteiger partial charge in [-0.3, -0.25) is 0 Å². The highest BCUT2D eigenvalue weighted by Crippen LogP contribution is 2.22. The number of carbonyl (C=O) groups excluding carboxylic acids is 2. The molecule has 6 nitrogen and oxygen atoms in total. The van der Waals surface area contributed by atoms with Crippen molar-refractivity contribution >= 4 is 29.3 Å². The molecule has 2 aromatic carbocycles. The smallest absolute Gasteiger partial charge is 0.339 e. The number of urea groups is 1. The number of esters is 1. The minimum Gasteiger partial charge on any atom is -0.465 e. The van der Waals surface area contributed by atoms with Gasteiger partial charge in [0.1, 0.15) is 0 Å². The SMILES string of the molecule is COC(=O)c1ccc(Cl)cc1NC(=O)NCc1cccn1Cc1ccccc1C. The summed E-state index contributed by atoms with van der Waals surface area (Å²) in [5.41, 5.74) is 3.92. The van der Waals surface area contributed by atoms with Gasteiger partial charge in [-0.1, -0.05) is 35.9 Å². The molecule has 3 aromatic rings. The number of hydrogen-bond acceptors (Lipinski definition) is 3. The molecule has 2 amide bonds. The monoisotopic (exact) mass is 411 g/mol. The first-order valence-corrected chi connectivity index (χ1v) is 9.47. The third-order valence-electron chi connectivity index (χ3n) is 4.59. The molecule has 0 spiro atoms. The number of ether oxygens (including phenoxy) is 1. The fourth-order valence-electron chi connectivity index (χ4n) is 2.98. The van der Waals surface area contributed by atoms with Crippen LogP contribution in [0.1, 0.15) is 27.2 Å². The van der Waals surface area contributed by atoms with Crippen LogP contribution in [-0.2, 0) is 17.8 Å². The number of aromatic nitrogens is 1. The number of rotatable bonds is 6. The normalized spacial score (nSPS) is 10.4. The lowest BCUT2D eigenvalue weighted by Crippen LogP contribution is -2.29. The Labute approximate surface area is 174 Å². The lowest BCUT2D eigenvalue weighted by atomic mass is 10.1. The van der Waals surface area contributed by atoms with E-state index >= 15 is 0 Å². The van der Waals surface area contributed by atoms with Crippen molar-refractivity contribution in [2.75, 3.05) is 12.4 Å². The zero-order chi connectivity index (χ0) is 20.8. The molecule has 0 unspecified atom stereocenters. The molecule has 1 heterocycles. The van der Waals surface area contributed by atoms with Crippen LogP contribution in [0.5, 0.6) is 0 Å². The molecule has 0 saturated carbocycles. The van der Waals surface area contributed by atoms with E-state index in [9.17, 15) is 9.59 Å². The highest BCUT2D eigenvalue weighted by atomic mass is 35.5. The van der Waals surface area contributed by atoms with Gasteiger partial charge in [0.25, 0.3) is 0 Å². The van der Waals surface area contributed by atoms with E-state index in [1.54, 1.807) is 6.07 Å². The van der Waals surface area contributed by atoms with Gasteiger partial charge in [-0.15, -0.1) is 0 Å². The molecular formula is C22H22ClN3O3. The van der Waals surface area contributed by atoms with E-state index < -0.39 is 12.0 Å². The largest absolute Gasteiger partial charge is 0.465 e. The quantitative estimate of drug-likeness (QED) is 0.582. The van der Waals surface area contributed by atoms with Crippen LogP contribution in [0.15, 0.2) is 60.8 Å². The minimum absolute atomic E-state index is 0.231. The van der Waals surface area contributed by atoms with Gasteiger partial charge in [-0.25, -0.2) is 9.59 Å². The second kappa shape index (κ2) is 9.30. The van der Waals surface area contributed by atoms with Crippen molar-refractivity contribution in [1.82, 2.24) is 9.88 Å². The van der Waals surface area contributed by atoms with E-state index in [0.29, 0.717) is 11.6 Å². The van der Waals surface area contributed by atoms with Crippen molar-refractivity contribution in [2.24, 2.45) is 0 Å². The summed E-state index contributed by atoms with van der Waals surface area (Å²) in [6, 6.07) is 16.2. The molecule has 0 aliphatic carbocycles. The molecule has 29 heavy (non-hydrogen) atoms. The minimum atomic E-state index is -0.552. The summed E-state index contributed by atoms with van der Waals surface area (Å²) in [4.78, 5) is 24.3. The lowest BCUT2D eigenvalue weighted by Gasteiger charge is -2.14. The molecule has 7 heteroatoms. The summed E-state index contributed by atoms with van der Waals surface area (Å²) in [6.45, 7) is 3.13. The van der Waals surface area contributed by atoms with Crippen LogP contribution >= 0.6 is 11.6 Å². The van der Waals surface area contributed by atoms with E-state index in [-0.39, 0.29) is 11.3 Å². The predicted octanol–water partition coefficient (Wildman–Crippen LogP) is 4.61. The molecule has 150 valence electrons. The number of benzene rings is 2. The van der Waals surface area contributed by atoms with Crippen molar-refractivity contribution in [3.63, 3.8) is 0 Å². The Hall–Kier alpha value is -3.25. The first-order valence-electron chi connectivity index (χ1n) is 9.09. The molecule has 3 rings (SSSR count). The molecule has 0 fully saturated rings. The number of methoxy groups -OCH3 is 1. The van der Waals surface area contributed by atoms with Gasteiger partial charge in [0.05, 0.1) is 24.9 Å². The molecule has 1 aromatic heterocycles. The summed E-state index contributed by atoms with van der Waals surface area (Å²) in [5, 5.41) is 5.88. The van der Waals surface area contributed by atoms with Crippen molar-refractivity contribution in [2.45, 2.75) is 20.0 Å². The molecule has 0 bridgehead atoms. The van der Waals surface area contributed by atoms with Crippen LogP contribution in [0.2, 0.25) is 5.02 Å². The van der Waals surface area contributed by atoms with E-state index in [2.05, 4.69) is 34.3 Å². The maximum absolute atomic E-state index is 12.4. The first kappa shape index (κ1) is 20.5. The van der Waals surface area contributed by atoms with E-state index in [1.165, 1.54) is 30.4 Å². The third kappa shape index (κ3) is 5.18. The topological polar surface area (TPSA) is 72.4 Å². The number of anilines is 1. The molecular weight excluding hydrogens is 390 g/mol. The highest BCUT2D eigenvalue weighted by Gasteiger charge is 2.15. The summed E-state index contributed by atoms with van der Waals surface area (Å²) in [7, 11) is 1.28. The maximum Gasteiger partial charge on any atom is 0.339 e. The zero-order valence-corrected chi connectivity index (χ0v) is 17.0. The molecule has 2 N–H and O–H groups in total. The molecule has 0 radical (unpaired) electrons. The molecule has 0 atom stereocenters. The van der Waals surface area contributed by atoms with Gasteiger partial charge in [-0.2, -0.15) is 0 Å². The molecule has 0 aliphatic heterocycles.